The van der Waals surface area contributed by atoms with Crippen LogP contribution in [0.1, 0.15) is 58.3 Å². The van der Waals surface area contributed by atoms with Crippen LogP contribution in [0.4, 0.5) is 0 Å². The third kappa shape index (κ3) is 1.81. The summed E-state index contributed by atoms with van der Waals surface area (Å²) in [5.74, 6) is 1.68. The van der Waals surface area contributed by atoms with Crippen molar-refractivity contribution in [3.8, 4) is 0 Å². The third-order valence-electron chi connectivity index (χ3n) is 9.62. The SMILES string of the molecule is C=C1[C@H]2CC[C@@]3(CC[C@H]4[C@@]5(CCC[C@@]4(C)C(=O)N(CCO)C5)[C@@H]3C2)[C@H]1O. The van der Waals surface area contributed by atoms with Crippen LogP contribution in [0, 0.1) is 34.0 Å². The number of carbonyl (C=O) groups excluding carboxylic acids is 1. The zero-order chi connectivity index (χ0) is 18.3. The predicted octanol–water partition coefficient (Wildman–Crippen LogP) is 2.74. The highest BCUT2D eigenvalue weighted by atomic mass is 16.3. The lowest BCUT2D eigenvalue weighted by molar-refractivity contribution is -0.237. The Hall–Kier alpha value is -0.870. The number of amides is 1. The first kappa shape index (κ1) is 17.2. The van der Waals surface area contributed by atoms with Crippen LogP contribution in [-0.4, -0.2) is 46.8 Å². The maximum Gasteiger partial charge on any atom is 0.228 e. The molecule has 144 valence electrons. The minimum absolute atomic E-state index is 0.00808. The zero-order valence-corrected chi connectivity index (χ0v) is 16.0. The maximum absolute atomic E-state index is 13.3. The van der Waals surface area contributed by atoms with E-state index in [0.29, 0.717) is 24.3 Å². The van der Waals surface area contributed by atoms with Crippen LogP contribution in [0.15, 0.2) is 12.2 Å². The second-order valence-corrected chi connectivity index (χ2v) is 10.3. The van der Waals surface area contributed by atoms with Gasteiger partial charge in [0.25, 0.3) is 0 Å². The van der Waals surface area contributed by atoms with E-state index >= 15 is 0 Å². The van der Waals surface area contributed by atoms with Gasteiger partial charge in [0.2, 0.25) is 5.91 Å². The van der Waals surface area contributed by atoms with Crippen molar-refractivity contribution in [3.63, 3.8) is 0 Å². The van der Waals surface area contributed by atoms with Gasteiger partial charge in [-0.05, 0) is 73.7 Å². The first-order chi connectivity index (χ1) is 12.4. The van der Waals surface area contributed by atoms with Crippen LogP contribution in [0.5, 0.6) is 0 Å². The lowest BCUT2D eigenvalue weighted by Gasteiger charge is -2.72. The van der Waals surface area contributed by atoms with Gasteiger partial charge < -0.3 is 15.1 Å². The standard InChI is InChI=1S/C22H33NO3/c1-14-15-4-8-21(18(14)25)9-5-16-20(2)6-3-7-22(16,17(21)12-15)13-23(10-11-24)19(20)26/h15-18,24-25H,1,3-13H2,2H3/t15-,16+,17+,18-,20+,21-,22-/m0/s1. The van der Waals surface area contributed by atoms with Crippen LogP contribution < -0.4 is 0 Å². The number of nitrogens with zero attached hydrogens (tertiary/aromatic N) is 1. The number of hydrogen-bond acceptors (Lipinski definition) is 3. The van der Waals surface area contributed by atoms with E-state index in [-0.39, 0.29) is 34.9 Å². The molecular formula is C22H33NO3. The summed E-state index contributed by atoms with van der Waals surface area (Å²) in [7, 11) is 0. The summed E-state index contributed by atoms with van der Waals surface area (Å²) in [4.78, 5) is 15.3. The highest BCUT2D eigenvalue weighted by molar-refractivity contribution is 5.84. The smallest absolute Gasteiger partial charge is 0.228 e. The molecule has 1 amide bonds. The first-order valence-electron chi connectivity index (χ1n) is 10.7. The number of piperidine rings is 1. The zero-order valence-electron chi connectivity index (χ0n) is 16.0. The molecule has 2 N–H and O–H groups in total. The highest BCUT2D eigenvalue weighted by Crippen LogP contribution is 2.73. The van der Waals surface area contributed by atoms with Crippen molar-refractivity contribution in [1.82, 2.24) is 4.90 Å². The van der Waals surface area contributed by atoms with E-state index in [2.05, 4.69) is 13.5 Å². The molecule has 1 saturated heterocycles. The summed E-state index contributed by atoms with van der Waals surface area (Å²) >= 11 is 0. The summed E-state index contributed by atoms with van der Waals surface area (Å²) < 4.78 is 0. The van der Waals surface area contributed by atoms with Crippen molar-refractivity contribution in [2.75, 3.05) is 19.7 Å². The number of β-amino-alcohol motifs (C(OH)–C–C–N with tert-alkyl or cyclic N) is 1. The van der Waals surface area contributed by atoms with Gasteiger partial charge in [0, 0.05) is 23.9 Å². The third-order valence-corrected chi connectivity index (χ3v) is 9.62. The Labute approximate surface area is 156 Å². The molecule has 5 aliphatic carbocycles. The number of aliphatic hydroxyl groups excluding tert-OH is 2. The van der Waals surface area contributed by atoms with Crippen molar-refractivity contribution in [2.45, 2.75) is 64.4 Å². The summed E-state index contributed by atoms with van der Waals surface area (Å²) in [5.41, 5.74) is 0.937. The topological polar surface area (TPSA) is 60.8 Å². The van der Waals surface area contributed by atoms with Crippen molar-refractivity contribution in [1.29, 1.82) is 0 Å². The number of fused-ring (bicyclic) bond motifs is 2. The van der Waals surface area contributed by atoms with Gasteiger partial charge in [0.1, 0.15) is 0 Å². The Balaban J connectivity index is 1.62. The van der Waals surface area contributed by atoms with Crippen molar-refractivity contribution in [3.05, 3.63) is 12.2 Å². The van der Waals surface area contributed by atoms with E-state index in [1.165, 1.54) is 12.8 Å². The first-order valence-corrected chi connectivity index (χ1v) is 10.7. The van der Waals surface area contributed by atoms with E-state index in [4.69, 9.17) is 0 Å². The Bertz CT molecular complexity index is 662. The monoisotopic (exact) mass is 359 g/mol. The molecule has 1 heterocycles. The highest BCUT2D eigenvalue weighted by Gasteiger charge is 2.71. The van der Waals surface area contributed by atoms with Gasteiger partial charge in [-0.3, -0.25) is 4.79 Å². The van der Waals surface area contributed by atoms with E-state index in [9.17, 15) is 15.0 Å². The van der Waals surface area contributed by atoms with Crippen molar-refractivity contribution >= 4 is 5.91 Å². The van der Waals surface area contributed by atoms with E-state index in [0.717, 1.165) is 50.6 Å². The average molecular weight is 360 g/mol. The number of aliphatic hydroxyl groups is 2. The molecule has 6 fully saturated rings. The van der Waals surface area contributed by atoms with E-state index in [1.807, 2.05) is 4.90 Å². The van der Waals surface area contributed by atoms with Crippen molar-refractivity contribution < 1.29 is 15.0 Å². The molecule has 0 aromatic rings. The largest absolute Gasteiger partial charge is 0.395 e. The quantitative estimate of drug-likeness (QED) is 0.745. The number of rotatable bonds is 2. The molecule has 1 spiro atoms. The second kappa shape index (κ2) is 5.35. The number of likely N-dealkylation sites (tertiary alicyclic amines) is 1. The van der Waals surface area contributed by atoms with Crippen LogP contribution in [0.25, 0.3) is 0 Å². The molecule has 6 aliphatic rings. The maximum atomic E-state index is 13.3. The minimum Gasteiger partial charge on any atom is -0.395 e. The molecule has 0 radical (unpaired) electrons. The molecule has 7 atom stereocenters. The molecule has 4 bridgehead atoms. The van der Waals surface area contributed by atoms with Crippen LogP contribution in [0.3, 0.4) is 0 Å². The van der Waals surface area contributed by atoms with Gasteiger partial charge in [0.05, 0.1) is 12.7 Å². The Kier molecular flexibility index (Phi) is 3.55. The normalized spacial score (nSPS) is 52.7. The van der Waals surface area contributed by atoms with Gasteiger partial charge in [0.15, 0.2) is 0 Å². The summed E-state index contributed by atoms with van der Waals surface area (Å²) in [6.45, 7) is 7.77. The average Bonchev–Trinajstić information content (AvgIpc) is 2.63. The fourth-order valence-corrected chi connectivity index (χ4v) is 8.60. The van der Waals surface area contributed by atoms with Crippen LogP contribution in [-0.2, 0) is 4.79 Å². The summed E-state index contributed by atoms with van der Waals surface area (Å²) in [6.07, 6.45) is 8.53. The van der Waals surface area contributed by atoms with Gasteiger partial charge >= 0.3 is 0 Å². The van der Waals surface area contributed by atoms with E-state index < -0.39 is 0 Å². The molecular weight excluding hydrogens is 326 g/mol. The lowest BCUT2D eigenvalue weighted by atomic mass is 9.35. The molecule has 1 aliphatic heterocycles. The fraction of sp³-hybridized carbons (Fsp3) is 0.864. The molecule has 0 aromatic carbocycles. The molecule has 0 unspecified atom stereocenters. The lowest BCUT2D eigenvalue weighted by Crippen LogP contribution is -2.72. The second-order valence-electron chi connectivity index (χ2n) is 10.3. The molecule has 4 nitrogen and oxygen atoms in total. The Morgan fingerprint density at radius 2 is 1.92 bits per heavy atom. The number of hydrogen-bond donors (Lipinski definition) is 2. The molecule has 4 heteroatoms. The van der Waals surface area contributed by atoms with Crippen LogP contribution in [0.2, 0.25) is 0 Å². The Morgan fingerprint density at radius 1 is 1.15 bits per heavy atom. The van der Waals surface area contributed by atoms with Gasteiger partial charge in [-0.1, -0.05) is 19.9 Å². The molecule has 26 heavy (non-hydrogen) atoms. The van der Waals surface area contributed by atoms with Gasteiger partial charge in [-0.2, -0.15) is 0 Å². The van der Waals surface area contributed by atoms with Gasteiger partial charge in [-0.15, -0.1) is 0 Å². The number of carbonyl (C=O) groups is 1. The Morgan fingerprint density at radius 3 is 2.69 bits per heavy atom. The molecule has 5 saturated carbocycles. The van der Waals surface area contributed by atoms with Crippen LogP contribution >= 0.6 is 0 Å². The minimum atomic E-state index is -0.354. The summed E-state index contributed by atoms with van der Waals surface area (Å²) in [6, 6.07) is 0. The van der Waals surface area contributed by atoms with Gasteiger partial charge in [-0.25, -0.2) is 0 Å². The predicted molar refractivity (Wildman–Crippen MR) is 99.2 cm³/mol. The van der Waals surface area contributed by atoms with E-state index in [1.54, 1.807) is 0 Å². The molecule has 0 aromatic heterocycles. The molecule has 6 rings (SSSR count). The van der Waals surface area contributed by atoms with Crippen molar-refractivity contribution in [2.24, 2.45) is 34.0 Å². The summed E-state index contributed by atoms with van der Waals surface area (Å²) in [5, 5.41) is 20.7. The fourth-order valence-electron chi connectivity index (χ4n) is 8.60.